The van der Waals surface area contributed by atoms with E-state index in [1.165, 1.54) is 15.5 Å². The van der Waals surface area contributed by atoms with Gasteiger partial charge < -0.3 is 5.32 Å². The van der Waals surface area contributed by atoms with Gasteiger partial charge in [0.2, 0.25) is 0 Å². The third-order valence-corrected chi connectivity index (χ3v) is 4.50. The van der Waals surface area contributed by atoms with Gasteiger partial charge in [0, 0.05) is 15.8 Å². The topological polar surface area (TPSA) is 12.0 Å². The molecular weight excluding hydrogens is 222 g/mol. The lowest BCUT2D eigenvalue weighted by Gasteiger charge is -2.16. The maximum absolute atomic E-state index is 3.59. The molecule has 0 bridgehead atoms. The summed E-state index contributed by atoms with van der Waals surface area (Å²) in [5.74, 6) is 1.99. The first-order chi connectivity index (χ1) is 7.13. The Labute approximate surface area is 102 Å². The molecule has 0 saturated heterocycles. The molecule has 2 unspecified atom stereocenters. The van der Waals surface area contributed by atoms with E-state index in [-0.39, 0.29) is 0 Å². The third kappa shape index (κ3) is 4.58. The van der Waals surface area contributed by atoms with Crippen molar-refractivity contribution in [1.82, 2.24) is 5.32 Å². The predicted molar refractivity (Wildman–Crippen MR) is 73.0 cm³/mol. The van der Waals surface area contributed by atoms with Crippen LogP contribution in [0.4, 0.5) is 0 Å². The van der Waals surface area contributed by atoms with Gasteiger partial charge >= 0.3 is 0 Å². The van der Waals surface area contributed by atoms with Crippen molar-refractivity contribution in [1.29, 1.82) is 0 Å². The lowest BCUT2D eigenvalue weighted by Crippen LogP contribution is -2.24. The summed E-state index contributed by atoms with van der Waals surface area (Å²) >= 11 is 3.82. The number of hydrogen-bond donors (Lipinski definition) is 1. The molecule has 3 heteroatoms. The predicted octanol–water partition coefficient (Wildman–Crippen LogP) is 3.71. The average Bonchev–Trinajstić information content (AvgIpc) is 2.62. The molecule has 1 nitrogen and oxygen atoms in total. The summed E-state index contributed by atoms with van der Waals surface area (Å²) < 4.78 is 0. The summed E-state index contributed by atoms with van der Waals surface area (Å²) in [7, 11) is 0. The molecule has 0 aromatic carbocycles. The van der Waals surface area contributed by atoms with Crippen molar-refractivity contribution < 1.29 is 0 Å². The Hall–Kier alpha value is 0.01000. The van der Waals surface area contributed by atoms with Crippen molar-refractivity contribution in [3.63, 3.8) is 0 Å². The Morgan fingerprint density at radius 2 is 2.13 bits per heavy atom. The summed E-state index contributed by atoms with van der Waals surface area (Å²) in [6.45, 7) is 7.82. The van der Waals surface area contributed by atoms with E-state index in [0.717, 1.165) is 12.5 Å². The molecule has 0 spiro atoms. The zero-order chi connectivity index (χ0) is 11.3. The number of aryl methyl sites for hydroxylation is 1. The second kappa shape index (κ2) is 6.56. The number of nitrogens with one attached hydrogen (secondary N) is 1. The van der Waals surface area contributed by atoms with E-state index in [2.05, 4.69) is 44.5 Å². The van der Waals surface area contributed by atoms with Gasteiger partial charge in [-0.25, -0.2) is 0 Å². The first-order valence-corrected chi connectivity index (χ1v) is 7.63. The minimum atomic E-state index is 0.494. The lowest BCUT2D eigenvalue weighted by atomic mass is 10.2. The molecule has 15 heavy (non-hydrogen) atoms. The molecule has 0 aliphatic rings. The van der Waals surface area contributed by atoms with Crippen LogP contribution in [-0.4, -0.2) is 18.6 Å². The maximum atomic E-state index is 3.59. The van der Waals surface area contributed by atoms with E-state index < -0.39 is 0 Å². The van der Waals surface area contributed by atoms with Crippen LogP contribution in [0.5, 0.6) is 0 Å². The van der Waals surface area contributed by atoms with Gasteiger partial charge in [-0.15, -0.1) is 11.3 Å². The minimum Gasteiger partial charge on any atom is -0.309 e. The summed E-state index contributed by atoms with van der Waals surface area (Å²) in [4.78, 5) is 2.85. The number of thioether (sulfide) groups is 1. The average molecular weight is 243 g/mol. The van der Waals surface area contributed by atoms with Crippen LogP contribution in [0.3, 0.4) is 0 Å². The summed E-state index contributed by atoms with van der Waals surface area (Å²) in [6.07, 6.45) is 2.17. The highest BCUT2D eigenvalue weighted by Crippen LogP contribution is 2.22. The molecule has 2 atom stereocenters. The van der Waals surface area contributed by atoms with E-state index >= 15 is 0 Å². The van der Waals surface area contributed by atoms with E-state index in [1.54, 1.807) is 0 Å². The number of thiophene rings is 1. The van der Waals surface area contributed by atoms with Gasteiger partial charge in [0.15, 0.2) is 0 Å². The standard InChI is InChI=1S/C12H21NS2/c1-9(8-14-4)7-13-11(3)12-6-5-10(2)15-12/h5-6,9,11,13H,7-8H2,1-4H3. The summed E-state index contributed by atoms with van der Waals surface area (Å²) in [6, 6.07) is 4.92. The lowest BCUT2D eigenvalue weighted by molar-refractivity contribution is 0.505. The van der Waals surface area contributed by atoms with E-state index in [1.807, 2.05) is 23.1 Å². The summed E-state index contributed by atoms with van der Waals surface area (Å²) in [5, 5.41) is 3.59. The van der Waals surface area contributed by atoms with Gasteiger partial charge in [-0.3, -0.25) is 0 Å². The maximum Gasteiger partial charge on any atom is 0.0386 e. The molecule has 86 valence electrons. The van der Waals surface area contributed by atoms with E-state index in [9.17, 15) is 0 Å². The molecule has 1 aromatic heterocycles. The van der Waals surface area contributed by atoms with Crippen LogP contribution in [-0.2, 0) is 0 Å². The zero-order valence-corrected chi connectivity index (χ0v) is 11.7. The highest BCUT2D eigenvalue weighted by atomic mass is 32.2. The van der Waals surface area contributed by atoms with Crippen molar-refractivity contribution in [2.75, 3.05) is 18.6 Å². The van der Waals surface area contributed by atoms with Crippen molar-refractivity contribution in [3.8, 4) is 0 Å². The molecule has 0 aliphatic heterocycles. The van der Waals surface area contributed by atoms with Crippen LogP contribution in [0.15, 0.2) is 12.1 Å². The summed E-state index contributed by atoms with van der Waals surface area (Å²) in [5.41, 5.74) is 0. The number of hydrogen-bond acceptors (Lipinski definition) is 3. The van der Waals surface area contributed by atoms with Crippen molar-refractivity contribution in [2.24, 2.45) is 5.92 Å². The smallest absolute Gasteiger partial charge is 0.0386 e. The van der Waals surface area contributed by atoms with Crippen molar-refractivity contribution in [2.45, 2.75) is 26.8 Å². The Balaban J connectivity index is 2.33. The Bertz CT molecular complexity index is 283. The molecule has 0 aliphatic carbocycles. The molecule has 0 radical (unpaired) electrons. The minimum absolute atomic E-state index is 0.494. The van der Waals surface area contributed by atoms with Crippen LogP contribution >= 0.6 is 23.1 Å². The van der Waals surface area contributed by atoms with Gasteiger partial charge in [-0.1, -0.05) is 6.92 Å². The Morgan fingerprint density at radius 3 is 2.67 bits per heavy atom. The van der Waals surface area contributed by atoms with Crippen LogP contribution < -0.4 is 5.32 Å². The third-order valence-electron chi connectivity index (χ3n) is 2.41. The van der Waals surface area contributed by atoms with Crippen LogP contribution in [0, 0.1) is 12.8 Å². The first kappa shape index (κ1) is 13.1. The highest BCUT2D eigenvalue weighted by molar-refractivity contribution is 7.98. The molecule has 1 rings (SSSR count). The van der Waals surface area contributed by atoms with Crippen LogP contribution in [0.25, 0.3) is 0 Å². The van der Waals surface area contributed by atoms with Gasteiger partial charge in [-0.2, -0.15) is 11.8 Å². The van der Waals surface area contributed by atoms with Gasteiger partial charge in [0.05, 0.1) is 0 Å². The Kier molecular flexibility index (Phi) is 5.72. The highest BCUT2D eigenvalue weighted by Gasteiger charge is 2.08. The molecule has 0 saturated carbocycles. The second-order valence-corrected chi connectivity index (χ2v) is 6.37. The SMILES string of the molecule is CSCC(C)CNC(C)c1ccc(C)s1. The largest absolute Gasteiger partial charge is 0.309 e. The van der Waals surface area contributed by atoms with Crippen LogP contribution in [0.1, 0.15) is 29.6 Å². The fraction of sp³-hybridized carbons (Fsp3) is 0.667. The van der Waals surface area contributed by atoms with E-state index in [0.29, 0.717) is 6.04 Å². The van der Waals surface area contributed by atoms with Gasteiger partial charge in [-0.05, 0) is 50.5 Å². The van der Waals surface area contributed by atoms with Crippen molar-refractivity contribution in [3.05, 3.63) is 21.9 Å². The molecule has 1 N–H and O–H groups in total. The fourth-order valence-electron chi connectivity index (χ4n) is 1.51. The monoisotopic (exact) mass is 243 g/mol. The van der Waals surface area contributed by atoms with Crippen molar-refractivity contribution >= 4 is 23.1 Å². The van der Waals surface area contributed by atoms with E-state index in [4.69, 9.17) is 0 Å². The number of rotatable bonds is 6. The molecule has 0 fully saturated rings. The molecular formula is C12H21NS2. The Morgan fingerprint density at radius 1 is 1.40 bits per heavy atom. The zero-order valence-electron chi connectivity index (χ0n) is 10.0. The van der Waals surface area contributed by atoms with Crippen LogP contribution in [0.2, 0.25) is 0 Å². The second-order valence-electron chi connectivity index (χ2n) is 4.14. The molecule has 1 aromatic rings. The van der Waals surface area contributed by atoms with Gasteiger partial charge in [0.1, 0.15) is 0 Å². The first-order valence-electron chi connectivity index (χ1n) is 5.42. The fourth-order valence-corrected chi connectivity index (χ4v) is 3.10. The molecule has 0 amide bonds. The molecule has 1 heterocycles. The van der Waals surface area contributed by atoms with Gasteiger partial charge in [0.25, 0.3) is 0 Å². The normalized spacial score (nSPS) is 15.2. The quantitative estimate of drug-likeness (QED) is 0.817.